The first kappa shape index (κ1) is 11.4. The Morgan fingerprint density at radius 3 is 2.40 bits per heavy atom. The Morgan fingerprint density at radius 1 is 1.40 bits per heavy atom. The van der Waals surface area contributed by atoms with Crippen molar-refractivity contribution in [2.24, 2.45) is 5.73 Å². The van der Waals surface area contributed by atoms with Crippen LogP contribution in [0.3, 0.4) is 0 Å². The maximum Gasteiger partial charge on any atom is 0.252 e. The summed E-state index contributed by atoms with van der Waals surface area (Å²) in [7, 11) is 0. The molecule has 0 bridgehead atoms. The van der Waals surface area contributed by atoms with Gasteiger partial charge in [0.25, 0.3) is 5.91 Å². The van der Waals surface area contributed by atoms with Gasteiger partial charge in [-0.1, -0.05) is 6.92 Å². The van der Waals surface area contributed by atoms with E-state index in [1.807, 2.05) is 6.92 Å². The lowest BCUT2D eigenvalue weighted by molar-refractivity contribution is 0.0883. The molecule has 0 saturated carbocycles. The first-order chi connectivity index (χ1) is 6.99. The molecule has 5 nitrogen and oxygen atoms in total. The standard InChI is InChI=1S/C10H15N3O2/c1-4-5-8(14)13-7(3)9(10(11)15)6(2)12-13/h4-5H2,1-3H3,(H2,11,15). The molecule has 0 saturated heterocycles. The molecule has 1 rings (SSSR count). The fourth-order valence-corrected chi connectivity index (χ4v) is 1.56. The van der Waals surface area contributed by atoms with E-state index in [4.69, 9.17) is 5.73 Å². The van der Waals surface area contributed by atoms with Crippen molar-refractivity contribution in [2.75, 3.05) is 0 Å². The van der Waals surface area contributed by atoms with Crippen molar-refractivity contribution in [1.82, 2.24) is 9.78 Å². The van der Waals surface area contributed by atoms with E-state index in [2.05, 4.69) is 5.10 Å². The number of nitrogens with two attached hydrogens (primary N) is 1. The van der Waals surface area contributed by atoms with Gasteiger partial charge < -0.3 is 5.73 Å². The molecule has 0 unspecified atom stereocenters. The Bertz CT molecular complexity index is 407. The predicted molar refractivity (Wildman–Crippen MR) is 55.8 cm³/mol. The maximum absolute atomic E-state index is 11.6. The van der Waals surface area contributed by atoms with Gasteiger partial charge in [0.2, 0.25) is 5.91 Å². The first-order valence-electron chi connectivity index (χ1n) is 4.88. The predicted octanol–water partition coefficient (Wildman–Crippen LogP) is 1.04. The number of rotatable bonds is 3. The third-order valence-electron chi connectivity index (χ3n) is 2.24. The average molecular weight is 209 g/mol. The number of nitrogens with zero attached hydrogens (tertiary/aromatic N) is 2. The summed E-state index contributed by atoms with van der Waals surface area (Å²) in [4.78, 5) is 22.7. The van der Waals surface area contributed by atoms with E-state index in [0.29, 0.717) is 23.4 Å². The molecule has 1 aromatic rings. The molecule has 0 aromatic carbocycles. The van der Waals surface area contributed by atoms with Crippen LogP contribution in [-0.2, 0) is 0 Å². The lowest BCUT2D eigenvalue weighted by atomic mass is 10.2. The van der Waals surface area contributed by atoms with Crippen LogP contribution in [0.2, 0.25) is 0 Å². The van der Waals surface area contributed by atoms with Crippen LogP contribution in [0.4, 0.5) is 0 Å². The zero-order valence-corrected chi connectivity index (χ0v) is 9.20. The molecule has 1 amide bonds. The second kappa shape index (κ2) is 4.25. The molecular weight excluding hydrogens is 194 g/mol. The second-order valence-electron chi connectivity index (χ2n) is 3.47. The van der Waals surface area contributed by atoms with Gasteiger partial charge in [-0.3, -0.25) is 9.59 Å². The molecule has 0 aliphatic rings. The molecule has 0 spiro atoms. The molecule has 2 N–H and O–H groups in total. The Kier molecular flexibility index (Phi) is 3.24. The zero-order valence-electron chi connectivity index (χ0n) is 9.20. The van der Waals surface area contributed by atoms with Gasteiger partial charge in [0.05, 0.1) is 17.0 Å². The van der Waals surface area contributed by atoms with Crippen molar-refractivity contribution in [2.45, 2.75) is 33.6 Å². The molecule has 0 fully saturated rings. The maximum atomic E-state index is 11.6. The Balaban J connectivity index is 3.17. The highest BCUT2D eigenvalue weighted by Gasteiger charge is 2.18. The fraction of sp³-hybridized carbons (Fsp3) is 0.500. The van der Waals surface area contributed by atoms with Crippen molar-refractivity contribution >= 4 is 11.8 Å². The van der Waals surface area contributed by atoms with Gasteiger partial charge in [-0.2, -0.15) is 5.10 Å². The number of aryl methyl sites for hydroxylation is 1. The molecule has 15 heavy (non-hydrogen) atoms. The molecule has 0 aliphatic carbocycles. The minimum absolute atomic E-state index is 0.106. The van der Waals surface area contributed by atoms with Crippen LogP contribution in [0.5, 0.6) is 0 Å². The average Bonchev–Trinajstić information content (AvgIpc) is 2.42. The van der Waals surface area contributed by atoms with Gasteiger partial charge in [-0.25, -0.2) is 4.68 Å². The fourth-order valence-electron chi connectivity index (χ4n) is 1.56. The van der Waals surface area contributed by atoms with E-state index in [1.165, 1.54) is 4.68 Å². The first-order valence-corrected chi connectivity index (χ1v) is 4.88. The normalized spacial score (nSPS) is 10.3. The van der Waals surface area contributed by atoms with Crippen molar-refractivity contribution in [3.8, 4) is 0 Å². The van der Waals surface area contributed by atoms with E-state index in [1.54, 1.807) is 13.8 Å². The number of carbonyl (C=O) groups excluding carboxylic acids is 2. The van der Waals surface area contributed by atoms with Crippen molar-refractivity contribution in [3.05, 3.63) is 17.0 Å². The Labute approximate surface area is 88.3 Å². The Hall–Kier alpha value is -1.65. The number of primary amides is 1. The minimum Gasteiger partial charge on any atom is -0.365 e. The van der Waals surface area contributed by atoms with Gasteiger partial charge in [0.15, 0.2) is 0 Å². The summed E-state index contributed by atoms with van der Waals surface area (Å²) in [6.07, 6.45) is 1.17. The molecular formula is C10H15N3O2. The van der Waals surface area contributed by atoms with Crippen LogP contribution in [0.15, 0.2) is 0 Å². The lowest BCUT2D eigenvalue weighted by Crippen LogP contribution is -2.16. The van der Waals surface area contributed by atoms with Crippen LogP contribution < -0.4 is 5.73 Å². The third-order valence-corrected chi connectivity index (χ3v) is 2.24. The summed E-state index contributed by atoms with van der Waals surface area (Å²) in [6, 6.07) is 0. The summed E-state index contributed by atoms with van der Waals surface area (Å²) in [5.41, 5.74) is 6.58. The summed E-state index contributed by atoms with van der Waals surface area (Å²) in [5, 5.41) is 4.02. The highest BCUT2D eigenvalue weighted by molar-refractivity contribution is 5.96. The number of carbonyl (C=O) groups is 2. The summed E-state index contributed by atoms with van der Waals surface area (Å²) in [5.74, 6) is -0.647. The summed E-state index contributed by atoms with van der Waals surface area (Å²) in [6.45, 7) is 5.26. The molecule has 0 radical (unpaired) electrons. The van der Waals surface area contributed by atoms with Gasteiger partial charge >= 0.3 is 0 Å². The van der Waals surface area contributed by atoms with Crippen LogP contribution in [0.1, 0.15) is 46.3 Å². The molecule has 5 heteroatoms. The lowest BCUT2D eigenvalue weighted by Gasteiger charge is -2.01. The summed E-state index contributed by atoms with van der Waals surface area (Å²) < 4.78 is 1.26. The van der Waals surface area contributed by atoms with E-state index in [0.717, 1.165) is 6.42 Å². The van der Waals surface area contributed by atoms with E-state index in [-0.39, 0.29) is 5.91 Å². The second-order valence-corrected chi connectivity index (χ2v) is 3.47. The van der Waals surface area contributed by atoms with Crippen LogP contribution in [0.25, 0.3) is 0 Å². The molecule has 0 aliphatic heterocycles. The smallest absolute Gasteiger partial charge is 0.252 e. The molecule has 1 aromatic heterocycles. The quantitative estimate of drug-likeness (QED) is 0.807. The highest BCUT2D eigenvalue weighted by atomic mass is 16.2. The van der Waals surface area contributed by atoms with Crippen molar-refractivity contribution in [3.63, 3.8) is 0 Å². The highest BCUT2D eigenvalue weighted by Crippen LogP contribution is 2.12. The van der Waals surface area contributed by atoms with Crippen LogP contribution in [-0.4, -0.2) is 21.6 Å². The van der Waals surface area contributed by atoms with Crippen molar-refractivity contribution < 1.29 is 9.59 Å². The number of aromatic nitrogens is 2. The van der Waals surface area contributed by atoms with Crippen LogP contribution in [0, 0.1) is 13.8 Å². The monoisotopic (exact) mass is 209 g/mol. The van der Waals surface area contributed by atoms with Gasteiger partial charge in [-0.15, -0.1) is 0 Å². The number of hydrogen-bond acceptors (Lipinski definition) is 3. The zero-order chi connectivity index (χ0) is 11.6. The SMILES string of the molecule is CCCC(=O)n1nc(C)c(C(N)=O)c1C. The van der Waals surface area contributed by atoms with Gasteiger partial charge in [0, 0.05) is 6.42 Å². The van der Waals surface area contributed by atoms with Crippen molar-refractivity contribution in [1.29, 1.82) is 0 Å². The van der Waals surface area contributed by atoms with E-state index in [9.17, 15) is 9.59 Å². The molecule has 82 valence electrons. The van der Waals surface area contributed by atoms with Crippen LogP contribution >= 0.6 is 0 Å². The molecule has 0 atom stereocenters. The number of hydrogen-bond donors (Lipinski definition) is 1. The topological polar surface area (TPSA) is 78.0 Å². The van der Waals surface area contributed by atoms with E-state index < -0.39 is 5.91 Å². The minimum atomic E-state index is -0.541. The van der Waals surface area contributed by atoms with Gasteiger partial charge in [-0.05, 0) is 20.3 Å². The summed E-state index contributed by atoms with van der Waals surface area (Å²) >= 11 is 0. The number of amides is 1. The van der Waals surface area contributed by atoms with Gasteiger partial charge in [0.1, 0.15) is 0 Å². The Morgan fingerprint density at radius 2 is 2.00 bits per heavy atom. The molecule has 1 heterocycles. The third kappa shape index (κ3) is 2.06. The van der Waals surface area contributed by atoms with E-state index >= 15 is 0 Å². The largest absolute Gasteiger partial charge is 0.365 e.